The Morgan fingerprint density at radius 1 is 1.75 bits per heavy atom. The smallest absolute Gasteiger partial charge is 0.204 e. The monoisotopic (exact) mass is 186 g/mol. The van der Waals surface area contributed by atoms with Crippen molar-refractivity contribution in [2.24, 2.45) is 5.73 Å². The molecule has 1 heterocycles. The predicted octanol–water partition coefficient (Wildman–Crippen LogP) is 0.712. The van der Waals surface area contributed by atoms with E-state index in [0.717, 1.165) is 11.6 Å². The quantitative estimate of drug-likeness (QED) is 0.752. The molecule has 0 fully saturated rings. The number of nitrogens with zero attached hydrogens (tertiary/aromatic N) is 3. The van der Waals surface area contributed by atoms with Gasteiger partial charge in [0.25, 0.3) is 0 Å². The van der Waals surface area contributed by atoms with Gasteiger partial charge in [0.2, 0.25) is 5.13 Å². The topological polar surface area (TPSA) is 55.0 Å². The Morgan fingerprint density at radius 3 is 3.00 bits per heavy atom. The maximum Gasteiger partial charge on any atom is 0.204 e. The summed E-state index contributed by atoms with van der Waals surface area (Å²) in [7, 11) is 2.01. The number of aromatic nitrogens is 2. The molecule has 0 aliphatic carbocycles. The number of rotatable bonds is 4. The zero-order valence-corrected chi connectivity index (χ0v) is 8.21. The van der Waals surface area contributed by atoms with E-state index in [4.69, 9.17) is 5.73 Å². The molecule has 0 bridgehead atoms. The molecule has 0 saturated heterocycles. The van der Waals surface area contributed by atoms with Gasteiger partial charge in [-0.05, 0) is 19.9 Å². The molecule has 4 nitrogen and oxygen atoms in total. The zero-order valence-electron chi connectivity index (χ0n) is 7.40. The number of hydrogen-bond acceptors (Lipinski definition) is 5. The SMILES string of the molecule is CC(CCN)N(C)c1ncns1. The van der Waals surface area contributed by atoms with Crippen LogP contribution in [0.1, 0.15) is 13.3 Å². The first kappa shape index (κ1) is 9.41. The van der Waals surface area contributed by atoms with Gasteiger partial charge in [-0.25, -0.2) is 4.98 Å². The van der Waals surface area contributed by atoms with Gasteiger partial charge in [0, 0.05) is 24.6 Å². The van der Waals surface area contributed by atoms with E-state index in [0.29, 0.717) is 12.6 Å². The average molecular weight is 186 g/mol. The molecule has 0 aliphatic rings. The van der Waals surface area contributed by atoms with Gasteiger partial charge >= 0.3 is 0 Å². The Labute approximate surface area is 76.6 Å². The minimum absolute atomic E-state index is 0.433. The van der Waals surface area contributed by atoms with Crippen molar-refractivity contribution in [1.29, 1.82) is 0 Å². The first-order valence-electron chi connectivity index (χ1n) is 3.95. The fourth-order valence-corrected chi connectivity index (χ4v) is 1.54. The highest BCUT2D eigenvalue weighted by molar-refractivity contribution is 7.09. The molecule has 0 amide bonds. The summed E-state index contributed by atoms with van der Waals surface area (Å²) in [5.74, 6) is 0. The summed E-state index contributed by atoms with van der Waals surface area (Å²) in [6.07, 6.45) is 2.56. The number of nitrogens with two attached hydrogens (primary N) is 1. The van der Waals surface area contributed by atoms with Crippen molar-refractivity contribution in [3.8, 4) is 0 Å². The lowest BCUT2D eigenvalue weighted by molar-refractivity contribution is 0.634. The Balaban J connectivity index is 2.53. The van der Waals surface area contributed by atoms with E-state index in [1.807, 2.05) is 7.05 Å². The van der Waals surface area contributed by atoms with Crippen molar-refractivity contribution < 1.29 is 0 Å². The van der Waals surface area contributed by atoms with Crippen LogP contribution in [0, 0.1) is 0 Å². The lowest BCUT2D eigenvalue weighted by Crippen LogP contribution is -2.30. The van der Waals surface area contributed by atoms with Crippen molar-refractivity contribution in [2.45, 2.75) is 19.4 Å². The summed E-state index contributed by atoms with van der Waals surface area (Å²) in [6, 6.07) is 0.433. The molecule has 5 heteroatoms. The van der Waals surface area contributed by atoms with Crippen LogP contribution < -0.4 is 10.6 Å². The van der Waals surface area contributed by atoms with Crippen molar-refractivity contribution >= 4 is 16.7 Å². The van der Waals surface area contributed by atoms with Crippen LogP contribution in [0.2, 0.25) is 0 Å². The van der Waals surface area contributed by atoms with Gasteiger partial charge in [-0.1, -0.05) is 0 Å². The number of hydrogen-bond donors (Lipinski definition) is 1. The van der Waals surface area contributed by atoms with Gasteiger partial charge in [0.1, 0.15) is 6.33 Å². The lowest BCUT2D eigenvalue weighted by Gasteiger charge is -2.22. The van der Waals surface area contributed by atoms with Gasteiger partial charge in [0.05, 0.1) is 0 Å². The minimum atomic E-state index is 0.433. The van der Waals surface area contributed by atoms with E-state index in [-0.39, 0.29) is 0 Å². The van der Waals surface area contributed by atoms with Crippen LogP contribution in [0.25, 0.3) is 0 Å². The first-order chi connectivity index (χ1) is 5.75. The van der Waals surface area contributed by atoms with Gasteiger partial charge in [-0.15, -0.1) is 0 Å². The highest BCUT2D eigenvalue weighted by Crippen LogP contribution is 2.16. The summed E-state index contributed by atoms with van der Waals surface area (Å²) < 4.78 is 3.94. The van der Waals surface area contributed by atoms with Gasteiger partial charge < -0.3 is 10.6 Å². The minimum Gasteiger partial charge on any atom is -0.347 e. The average Bonchev–Trinajstić information content (AvgIpc) is 2.55. The van der Waals surface area contributed by atoms with Crippen molar-refractivity contribution in [3.05, 3.63) is 6.33 Å². The standard InChI is InChI=1S/C7H14N4S/c1-6(3-4-8)11(2)7-9-5-10-12-7/h5-6H,3-4,8H2,1-2H3. The Kier molecular flexibility index (Phi) is 3.43. The van der Waals surface area contributed by atoms with E-state index >= 15 is 0 Å². The number of anilines is 1. The molecule has 1 aromatic heterocycles. The van der Waals surface area contributed by atoms with E-state index in [2.05, 4.69) is 21.2 Å². The second-order valence-corrected chi connectivity index (χ2v) is 3.52. The first-order valence-corrected chi connectivity index (χ1v) is 4.72. The molecular weight excluding hydrogens is 172 g/mol. The predicted molar refractivity (Wildman–Crippen MR) is 51.4 cm³/mol. The Morgan fingerprint density at radius 2 is 2.50 bits per heavy atom. The van der Waals surface area contributed by atoms with Crippen molar-refractivity contribution in [1.82, 2.24) is 9.36 Å². The third-order valence-electron chi connectivity index (χ3n) is 1.90. The van der Waals surface area contributed by atoms with E-state index in [9.17, 15) is 0 Å². The van der Waals surface area contributed by atoms with Crippen molar-refractivity contribution in [2.75, 3.05) is 18.5 Å². The summed E-state index contributed by atoms with van der Waals surface area (Å²) >= 11 is 1.41. The molecule has 0 aromatic carbocycles. The molecule has 1 atom stereocenters. The zero-order chi connectivity index (χ0) is 8.97. The molecule has 0 aliphatic heterocycles. The van der Waals surface area contributed by atoms with E-state index < -0.39 is 0 Å². The molecule has 1 unspecified atom stereocenters. The summed E-state index contributed by atoms with van der Waals surface area (Å²) in [4.78, 5) is 6.21. The van der Waals surface area contributed by atoms with E-state index in [1.165, 1.54) is 11.5 Å². The molecule has 2 N–H and O–H groups in total. The maximum atomic E-state index is 5.46. The molecule has 12 heavy (non-hydrogen) atoms. The second kappa shape index (κ2) is 4.37. The van der Waals surface area contributed by atoms with Crippen LogP contribution in [0.4, 0.5) is 5.13 Å². The van der Waals surface area contributed by atoms with Gasteiger partial charge in [0.15, 0.2) is 0 Å². The summed E-state index contributed by atoms with van der Waals surface area (Å²) in [5, 5.41) is 0.955. The summed E-state index contributed by atoms with van der Waals surface area (Å²) in [5.41, 5.74) is 5.46. The lowest BCUT2D eigenvalue weighted by atomic mass is 10.2. The molecular formula is C7H14N4S. The van der Waals surface area contributed by atoms with Gasteiger partial charge in [-0.2, -0.15) is 4.37 Å². The Bertz CT molecular complexity index is 211. The third-order valence-corrected chi connectivity index (χ3v) is 2.65. The molecule has 0 saturated carbocycles. The Hall–Kier alpha value is -0.680. The fraction of sp³-hybridized carbons (Fsp3) is 0.714. The second-order valence-electron chi connectivity index (χ2n) is 2.76. The van der Waals surface area contributed by atoms with Crippen LogP contribution in [0.5, 0.6) is 0 Å². The highest BCUT2D eigenvalue weighted by atomic mass is 32.1. The normalized spacial score (nSPS) is 12.9. The largest absolute Gasteiger partial charge is 0.347 e. The highest BCUT2D eigenvalue weighted by Gasteiger charge is 2.10. The molecule has 0 spiro atoms. The van der Waals surface area contributed by atoms with Crippen LogP contribution >= 0.6 is 11.5 Å². The van der Waals surface area contributed by atoms with Crippen LogP contribution in [0.15, 0.2) is 6.33 Å². The van der Waals surface area contributed by atoms with Crippen LogP contribution in [0.3, 0.4) is 0 Å². The van der Waals surface area contributed by atoms with Crippen LogP contribution in [-0.4, -0.2) is 29.0 Å². The maximum absolute atomic E-state index is 5.46. The van der Waals surface area contributed by atoms with Crippen molar-refractivity contribution in [3.63, 3.8) is 0 Å². The molecule has 1 aromatic rings. The third kappa shape index (κ3) is 2.15. The summed E-state index contributed by atoms with van der Waals surface area (Å²) in [6.45, 7) is 2.85. The molecule has 0 radical (unpaired) electrons. The van der Waals surface area contributed by atoms with E-state index in [1.54, 1.807) is 6.33 Å². The molecule has 68 valence electrons. The fourth-order valence-electron chi connectivity index (χ4n) is 0.946. The van der Waals surface area contributed by atoms with Crippen LogP contribution in [-0.2, 0) is 0 Å². The molecule has 1 rings (SSSR count). The van der Waals surface area contributed by atoms with Gasteiger partial charge in [-0.3, -0.25) is 0 Å².